The predicted octanol–water partition coefficient (Wildman–Crippen LogP) is 5.26. The lowest BCUT2D eigenvalue weighted by Crippen LogP contribution is -2.65. The highest BCUT2D eigenvalue weighted by Crippen LogP contribution is 2.65. The maximum atomic E-state index is 14.2. The van der Waals surface area contributed by atoms with Crippen LogP contribution in [0, 0.1) is 29.1 Å². The van der Waals surface area contributed by atoms with E-state index < -0.39 is 57.2 Å². The number of carbonyl (C=O) groups is 4. The zero-order chi connectivity index (χ0) is 38.0. The van der Waals surface area contributed by atoms with Gasteiger partial charge in [0.25, 0.3) is 0 Å². The van der Waals surface area contributed by atoms with Gasteiger partial charge in [-0.15, -0.1) is 0 Å². The van der Waals surface area contributed by atoms with Gasteiger partial charge in [0.1, 0.15) is 12.1 Å². The summed E-state index contributed by atoms with van der Waals surface area (Å²) in [7, 11) is -2.96. The maximum Gasteiger partial charge on any atom is 0.481 e. The van der Waals surface area contributed by atoms with Crippen molar-refractivity contribution in [2.45, 2.75) is 169 Å². The molecule has 0 spiro atoms. The van der Waals surface area contributed by atoms with Gasteiger partial charge in [0.05, 0.1) is 23.8 Å². The average molecular weight is 723 g/mol. The largest absolute Gasteiger partial charge is 0.481 e. The molecular formula is C36H67BN4O8Si. The zero-order valence-electron chi connectivity index (χ0n) is 33.0. The van der Waals surface area contributed by atoms with Gasteiger partial charge in [0.2, 0.25) is 17.7 Å². The van der Waals surface area contributed by atoms with Crippen LogP contribution in [0.25, 0.3) is 0 Å². The van der Waals surface area contributed by atoms with Gasteiger partial charge in [-0.2, -0.15) is 0 Å². The van der Waals surface area contributed by atoms with Crippen LogP contribution < -0.4 is 21.3 Å². The van der Waals surface area contributed by atoms with E-state index in [9.17, 15) is 19.2 Å². The van der Waals surface area contributed by atoms with Crippen molar-refractivity contribution in [2.75, 3.05) is 6.54 Å². The highest BCUT2D eigenvalue weighted by Gasteiger charge is 2.68. The van der Waals surface area contributed by atoms with Crippen LogP contribution in [0.3, 0.4) is 0 Å². The molecule has 1 heterocycles. The number of hydrogen-bond donors (Lipinski definition) is 5. The summed E-state index contributed by atoms with van der Waals surface area (Å²) in [6, 6.07) is -1.99. The van der Waals surface area contributed by atoms with Crippen LogP contribution in [0.2, 0.25) is 18.1 Å². The molecule has 0 aromatic heterocycles. The van der Waals surface area contributed by atoms with Crippen LogP contribution in [0.15, 0.2) is 0 Å². The molecule has 1 saturated heterocycles. The van der Waals surface area contributed by atoms with Crippen molar-refractivity contribution >= 4 is 39.3 Å². The highest BCUT2D eigenvalue weighted by atomic mass is 28.4. The molecule has 3 aliphatic carbocycles. The Bertz CT molecular complexity index is 1230. The number of amides is 4. The van der Waals surface area contributed by atoms with E-state index in [0.717, 1.165) is 12.8 Å². The summed E-state index contributed by atoms with van der Waals surface area (Å²) in [6.45, 7) is 27.0. The second-order valence-electron chi connectivity index (χ2n) is 18.1. The van der Waals surface area contributed by atoms with Crippen LogP contribution in [0.5, 0.6) is 0 Å². The van der Waals surface area contributed by atoms with E-state index in [1.807, 2.05) is 0 Å². The molecule has 4 amide bonds. The molecule has 12 nitrogen and oxygen atoms in total. The lowest BCUT2D eigenvalue weighted by atomic mass is 9.43. The molecular weight excluding hydrogens is 655 g/mol. The van der Waals surface area contributed by atoms with Gasteiger partial charge in [-0.1, -0.05) is 62.3 Å². The lowest BCUT2D eigenvalue weighted by Gasteiger charge is -2.64. The Labute approximate surface area is 302 Å². The topological polar surface area (TPSA) is 164 Å². The lowest BCUT2D eigenvalue weighted by molar-refractivity contribution is -0.199. The molecule has 5 N–H and O–H groups in total. The molecule has 4 fully saturated rings. The fourth-order valence-electron chi connectivity index (χ4n) is 7.72. The molecule has 0 aromatic carbocycles. The Morgan fingerprint density at radius 2 is 1.58 bits per heavy atom. The first-order valence-corrected chi connectivity index (χ1v) is 21.7. The Balaban J connectivity index is 1.84. The van der Waals surface area contributed by atoms with Crippen LogP contribution in [-0.4, -0.2) is 86.7 Å². The van der Waals surface area contributed by atoms with Gasteiger partial charge in [-0.25, -0.2) is 4.79 Å². The van der Waals surface area contributed by atoms with Crippen LogP contribution in [0.4, 0.5) is 4.79 Å². The van der Waals surface area contributed by atoms with Crippen molar-refractivity contribution in [3.63, 3.8) is 0 Å². The van der Waals surface area contributed by atoms with Crippen molar-refractivity contribution in [1.29, 1.82) is 0 Å². The third-order valence-corrected chi connectivity index (χ3v) is 16.6. The number of carboxylic acid groups (broad SMARTS) is 1. The van der Waals surface area contributed by atoms with E-state index in [1.54, 1.807) is 20.8 Å². The smallest absolute Gasteiger partial charge is 0.465 e. The third kappa shape index (κ3) is 9.83. The Morgan fingerprint density at radius 3 is 2.12 bits per heavy atom. The molecule has 4 unspecified atom stereocenters. The first-order valence-electron chi connectivity index (χ1n) is 18.8. The van der Waals surface area contributed by atoms with E-state index in [0.29, 0.717) is 31.1 Å². The molecule has 8 atom stereocenters. The molecule has 1 aliphatic heterocycles. The summed E-state index contributed by atoms with van der Waals surface area (Å²) in [5.74, 6) is -0.797. The van der Waals surface area contributed by atoms with Crippen molar-refractivity contribution in [1.82, 2.24) is 21.3 Å². The molecule has 14 heteroatoms. The van der Waals surface area contributed by atoms with Crippen molar-refractivity contribution < 1.29 is 38.0 Å². The summed E-state index contributed by atoms with van der Waals surface area (Å²) in [4.78, 5) is 52.2. The fourth-order valence-corrected chi connectivity index (χ4v) is 9.14. The molecule has 0 radical (unpaired) electrons. The fraction of sp³-hybridized carbons (Fsp3) is 0.889. The van der Waals surface area contributed by atoms with Crippen LogP contribution in [-0.2, 0) is 28.1 Å². The van der Waals surface area contributed by atoms with Gasteiger partial charge in [-0.05, 0) is 93.7 Å². The molecule has 0 aromatic rings. The molecule has 4 aliphatic rings. The predicted molar refractivity (Wildman–Crippen MR) is 198 cm³/mol. The minimum Gasteiger partial charge on any atom is -0.465 e. The number of unbranched alkanes of at least 4 members (excludes halogenated alkanes) is 1. The normalized spacial score (nSPS) is 26.7. The van der Waals surface area contributed by atoms with Crippen LogP contribution >= 0.6 is 0 Å². The first-order chi connectivity index (χ1) is 22.9. The monoisotopic (exact) mass is 722 g/mol. The second kappa shape index (κ2) is 16.2. The van der Waals surface area contributed by atoms with Crippen LogP contribution in [0.1, 0.15) is 115 Å². The second-order valence-corrected chi connectivity index (χ2v) is 22.9. The summed E-state index contributed by atoms with van der Waals surface area (Å²) >= 11 is 0. The van der Waals surface area contributed by atoms with Gasteiger partial charge in [0.15, 0.2) is 8.32 Å². The first kappa shape index (κ1) is 42.3. The highest BCUT2D eigenvalue weighted by molar-refractivity contribution is 6.74. The number of nitrogens with one attached hydrogen (secondary N) is 4. The number of hydrogen-bond acceptors (Lipinski definition) is 7. The third-order valence-electron chi connectivity index (χ3n) is 12.0. The van der Waals surface area contributed by atoms with Crippen molar-refractivity contribution in [3.05, 3.63) is 0 Å². The van der Waals surface area contributed by atoms with Gasteiger partial charge in [0, 0.05) is 12.5 Å². The van der Waals surface area contributed by atoms with Crippen molar-refractivity contribution in [3.8, 4) is 0 Å². The zero-order valence-corrected chi connectivity index (χ0v) is 34.0. The Hall–Kier alpha value is -2.16. The Kier molecular flexibility index (Phi) is 13.7. The standard InChI is InChI=1S/C36H67BN4O8Si/c1-21(2)18-28(37-47-27-20-24-19-26(35(24,9)10)36(27,11)49-37)40-31(43)25(16-14-15-17-38-33(45)46)39-32(44)29(41-30(42)22(3)4)23(5)48-50(12,13)34(6,7)8/h21-29,38H,14-20H2,1-13H3,(H,39,44)(H,40,43)(H,41,42)(H,45,46)/t23?,24-,25?,26-,27+,28?,29?,36-/m0/s1. The van der Waals surface area contributed by atoms with E-state index >= 15 is 0 Å². The van der Waals surface area contributed by atoms with E-state index in [1.165, 1.54) is 0 Å². The summed E-state index contributed by atoms with van der Waals surface area (Å²) < 4.78 is 19.9. The van der Waals surface area contributed by atoms with Gasteiger partial charge in [-0.3, -0.25) is 14.4 Å². The summed E-state index contributed by atoms with van der Waals surface area (Å²) in [5.41, 5.74) is -0.256. The van der Waals surface area contributed by atoms with E-state index in [-0.39, 0.29) is 53.2 Å². The van der Waals surface area contributed by atoms with Crippen molar-refractivity contribution in [2.24, 2.45) is 29.1 Å². The minimum atomic E-state index is -2.33. The number of rotatable bonds is 17. The molecule has 2 bridgehead atoms. The molecule has 286 valence electrons. The molecule has 4 rings (SSSR count). The van der Waals surface area contributed by atoms with E-state index in [4.69, 9.17) is 18.8 Å². The van der Waals surface area contributed by atoms with Gasteiger partial charge < -0.3 is 40.1 Å². The Morgan fingerprint density at radius 1 is 0.940 bits per heavy atom. The summed E-state index contributed by atoms with van der Waals surface area (Å²) in [6.07, 6.45) is 2.07. The van der Waals surface area contributed by atoms with Gasteiger partial charge >= 0.3 is 13.2 Å². The molecule has 50 heavy (non-hydrogen) atoms. The summed E-state index contributed by atoms with van der Waals surface area (Å²) in [5, 5.41) is 20.3. The maximum absolute atomic E-state index is 14.2. The average Bonchev–Trinajstić information content (AvgIpc) is 3.34. The molecule has 3 saturated carbocycles. The van der Waals surface area contributed by atoms with E-state index in [2.05, 4.69) is 89.8 Å². The quantitative estimate of drug-likeness (QED) is 0.100. The minimum absolute atomic E-state index is 0.0409. The number of carbonyl (C=O) groups excluding carboxylic acids is 3. The SMILES string of the molecule is CC(C)CC(NC(=O)C(CCCCNC(=O)O)NC(=O)C(NC(=O)C(C)C)C(C)O[Si](C)(C)C(C)(C)C)B1O[C@@H]2C[C@@H]3C[C@@H](C3(C)C)[C@]2(C)O1.